The molecule has 98 valence electrons. The number of hydrogen-bond donors (Lipinski definition) is 3. The number of likely N-dealkylation sites (tertiary alicyclic amines) is 1. The van der Waals surface area contributed by atoms with Crippen LogP contribution in [-0.4, -0.2) is 40.2 Å². The summed E-state index contributed by atoms with van der Waals surface area (Å²) in [4.78, 5) is 14.0. The Hall–Kier alpha value is -1.75. The summed E-state index contributed by atoms with van der Waals surface area (Å²) in [6, 6.07) is 4.37. The molecule has 0 spiro atoms. The number of phenolic OH excluding ortho intramolecular Hbond substituents is 2. The van der Waals surface area contributed by atoms with Gasteiger partial charge < -0.3 is 20.8 Å². The Balaban J connectivity index is 2.27. The summed E-state index contributed by atoms with van der Waals surface area (Å²) in [5.74, 6) is -0.433. The van der Waals surface area contributed by atoms with Crippen LogP contribution in [0.4, 0.5) is 0 Å². The first kappa shape index (κ1) is 12.7. The normalized spacial score (nSPS) is 23.3. The van der Waals surface area contributed by atoms with Crippen LogP contribution < -0.4 is 5.73 Å². The predicted octanol–water partition coefficient (Wildman–Crippen LogP) is 0.907. The van der Waals surface area contributed by atoms with Crippen LogP contribution in [0.3, 0.4) is 0 Å². The zero-order valence-corrected chi connectivity index (χ0v) is 10.3. The lowest BCUT2D eigenvalue weighted by atomic mass is 10.1. The number of rotatable bonds is 2. The maximum Gasteiger partial charge on any atom is 0.261 e. The molecule has 1 heterocycles. The molecule has 1 saturated heterocycles. The Morgan fingerprint density at radius 2 is 2.06 bits per heavy atom. The van der Waals surface area contributed by atoms with Gasteiger partial charge in [-0.05, 0) is 37.9 Å². The summed E-state index contributed by atoms with van der Waals surface area (Å²) in [7, 11) is 0. The SMILES string of the molecule is CC1CC(CN)CN1C(=O)c1c(O)cccc1O. The summed E-state index contributed by atoms with van der Waals surface area (Å²) in [6.07, 6.45) is 0.858. The summed E-state index contributed by atoms with van der Waals surface area (Å²) in [6.45, 7) is 3.07. The zero-order valence-electron chi connectivity index (χ0n) is 10.3. The third kappa shape index (κ3) is 2.13. The molecule has 1 aliphatic heterocycles. The van der Waals surface area contributed by atoms with E-state index in [0.717, 1.165) is 6.42 Å². The first-order valence-electron chi connectivity index (χ1n) is 6.06. The van der Waals surface area contributed by atoms with E-state index >= 15 is 0 Å². The number of amides is 1. The lowest BCUT2D eigenvalue weighted by Gasteiger charge is -2.22. The van der Waals surface area contributed by atoms with Gasteiger partial charge in [0.2, 0.25) is 0 Å². The molecular weight excluding hydrogens is 232 g/mol. The van der Waals surface area contributed by atoms with Gasteiger partial charge in [-0.1, -0.05) is 6.07 Å². The molecule has 2 unspecified atom stereocenters. The standard InChI is InChI=1S/C13H18N2O3/c1-8-5-9(6-14)7-15(8)13(18)12-10(16)3-2-4-11(12)17/h2-4,8-9,16-17H,5-7,14H2,1H3. The van der Waals surface area contributed by atoms with E-state index in [-0.39, 0.29) is 34.9 Å². The molecule has 0 saturated carbocycles. The molecule has 1 amide bonds. The number of carbonyl (C=O) groups excluding carboxylic acids is 1. The van der Waals surface area contributed by atoms with E-state index in [1.54, 1.807) is 4.90 Å². The fourth-order valence-electron chi connectivity index (χ4n) is 2.49. The third-order valence-electron chi connectivity index (χ3n) is 3.49. The van der Waals surface area contributed by atoms with Gasteiger partial charge in [0, 0.05) is 12.6 Å². The molecule has 0 bridgehead atoms. The van der Waals surface area contributed by atoms with Crippen molar-refractivity contribution in [3.8, 4) is 11.5 Å². The molecule has 1 aliphatic rings. The van der Waals surface area contributed by atoms with Gasteiger partial charge in [-0.25, -0.2) is 0 Å². The van der Waals surface area contributed by atoms with Crippen LogP contribution in [0.2, 0.25) is 0 Å². The van der Waals surface area contributed by atoms with E-state index in [0.29, 0.717) is 13.1 Å². The average Bonchev–Trinajstić information content (AvgIpc) is 2.70. The number of phenols is 2. The van der Waals surface area contributed by atoms with Crippen LogP contribution in [0.5, 0.6) is 11.5 Å². The molecule has 4 N–H and O–H groups in total. The monoisotopic (exact) mass is 250 g/mol. The minimum Gasteiger partial charge on any atom is -0.507 e. The first-order chi connectivity index (χ1) is 8.54. The molecule has 0 aliphatic carbocycles. The molecular formula is C13H18N2O3. The molecule has 1 fully saturated rings. The number of hydrogen-bond acceptors (Lipinski definition) is 4. The Morgan fingerprint density at radius 1 is 1.44 bits per heavy atom. The highest BCUT2D eigenvalue weighted by Crippen LogP contribution is 2.31. The highest BCUT2D eigenvalue weighted by atomic mass is 16.3. The molecule has 2 atom stereocenters. The number of benzene rings is 1. The van der Waals surface area contributed by atoms with Gasteiger partial charge in [-0.2, -0.15) is 0 Å². The van der Waals surface area contributed by atoms with E-state index in [4.69, 9.17) is 5.73 Å². The maximum absolute atomic E-state index is 12.3. The summed E-state index contributed by atoms with van der Waals surface area (Å²) in [5.41, 5.74) is 5.59. The average molecular weight is 250 g/mol. The van der Waals surface area contributed by atoms with Crippen molar-refractivity contribution in [1.29, 1.82) is 0 Å². The fourth-order valence-corrected chi connectivity index (χ4v) is 2.49. The highest BCUT2D eigenvalue weighted by Gasteiger charge is 2.34. The van der Waals surface area contributed by atoms with Crippen molar-refractivity contribution >= 4 is 5.91 Å². The van der Waals surface area contributed by atoms with Gasteiger partial charge in [-0.3, -0.25) is 4.79 Å². The van der Waals surface area contributed by atoms with Gasteiger partial charge in [0.05, 0.1) is 0 Å². The molecule has 0 aromatic heterocycles. The van der Waals surface area contributed by atoms with Gasteiger partial charge in [0.1, 0.15) is 17.1 Å². The van der Waals surface area contributed by atoms with Crippen LogP contribution in [0.25, 0.3) is 0 Å². The quantitative estimate of drug-likeness (QED) is 0.728. The summed E-state index contributed by atoms with van der Waals surface area (Å²) >= 11 is 0. The molecule has 18 heavy (non-hydrogen) atoms. The van der Waals surface area contributed by atoms with Crippen LogP contribution in [-0.2, 0) is 0 Å². The van der Waals surface area contributed by atoms with E-state index < -0.39 is 0 Å². The number of nitrogens with zero attached hydrogens (tertiary/aromatic N) is 1. The second-order valence-corrected chi connectivity index (χ2v) is 4.82. The molecule has 1 aromatic carbocycles. The minimum absolute atomic E-state index is 0.0259. The molecule has 2 rings (SSSR count). The van der Waals surface area contributed by atoms with Crippen molar-refractivity contribution < 1.29 is 15.0 Å². The number of carbonyl (C=O) groups is 1. The minimum atomic E-state index is -0.339. The Labute approximate surface area is 106 Å². The van der Waals surface area contributed by atoms with E-state index in [1.165, 1.54) is 18.2 Å². The second-order valence-electron chi connectivity index (χ2n) is 4.82. The van der Waals surface area contributed by atoms with Gasteiger partial charge in [0.15, 0.2) is 0 Å². The Bertz CT molecular complexity index is 441. The third-order valence-corrected chi connectivity index (χ3v) is 3.49. The van der Waals surface area contributed by atoms with Crippen molar-refractivity contribution in [3.63, 3.8) is 0 Å². The van der Waals surface area contributed by atoms with Gasteiger partial charge in [0.25, 0.3) is 5.91 Å². The summed E-state index contributed by atoms with van der Waals surface area (Å²) < 4.78 is 0. The molecule has 5 heteroatoms. The second kappa shape index (κ2) is 4.86. The van der Waals surface area contributed by atoms with Crippen LogP contribution in [0.1, 0.15) is 23.7 Å². The number of aromatic hydroxyl groups is 2. The van der Waals surface area contributed by atoms with Crippen molar-refractivity contribution in [2.24, 2.45) is 11.7 Å². The van der Waals surface area contributed by atoms with Crippen LogP contribution in [0, 0.1) is 5.92 Å². The zero-order chi connectivity index (χ0) is 13.3. The lowest BCUT2D eigenvalue weighted by Crippen LogP contribution is -2.34. The van der Waals surface area contributed by atoms with Crippen molar-refractivity contribution in [2.75, 3.05) is 13.1 Å². The smallest absolute Gasteiger partial charge is 0.261 e. The predicted molar refractivity (Wildman–Crippen MR) is 67.4 cm³/mol. The highest BCUT2D eigenvalue weighted by molar-refractivity contribution is 5.99. The largest absolute Gasteiger partial charge is 0.507 e. The van der Waals surface area contributed by atoms with Crippen LogP contribution >= 0.6 is 0 Å². The van der Waals surface area contributed by atoms with Crippen molar-refractivity contribution in [1.82, 2.24) is 4.90 Å². The van der Waals surface area contributed by atoms with Gasteiger partial charge in [-0.15, -0.1) is 0 Å². The Kier molecular flexibility index (Phi) is 3.43. The Morgan fingerprint density at radius 3 is 2.56 bits per heavy atom. The molecule has 5 nitrogen and oxygen atoms in total. The van der Waals surface area contributed by atoms with Gasteiger partial charge >= 0.3 is 0 Å². The van der Waals surface area contributed by atoms with Crippen LogP contribution in [0.15, 0.2) is 18.2 Å². The first-order valence-corrected chi connectivity index (χ1v) is 6.06. The maximum atomic E-state index is 12.3. The van der Waals surface area contributed by atoms with E-state index in [1.807, 2.05) is 6.92 Å². The lowest BCUT2D eigenvalue weighted by molar-refractivity contribution is 0.0737. The van der Waals surface area contributed by atoms with Crippen molar-refractivity contribution in [3.05, 3.63) is 23.8 Å². The van der Waals surface area contributed by atoms with E-state index in [2.05, 4.69) is 0 Å². The number of nitrogens with two attached hydrogens (primary N) is 1. The van der Waals surface area contributed by atoms with Crippen molar-refractivity contribution in [2.45, 2.75) is 19.4 Å². The fraction of sp³-hybridized carbons (Fsp3) is 0.462. The molecule has 1 aromatic rings. The van der Waals surface area contributed by atoms with E-state index in [9.17, 15) is 15.0 Å². The summed E-state index contributed by atoms with van der Waals surface area (Å²) in [5, 5.41) is 19.4. The topological polar surface area (TPSA) is 86.8 Å². The molecule has 0 radical (unpaired) electrons.